The molecule has 2 aliphatic rings. The van der Waals surface area contributed by atoms with E-state index in [-0.39, 0.29) is 29.1 Å². The lowest BCUT2D eigenvalue weighted by atomic mass is 10.1. The highest BCUT2D eigenvalue weighted by Gasteiger charge is 2.36. The van der Waals surface area contributed by atoms with E-state index in [2.05, 4.69) is 0 Å². The van der Waals surface area contributed by atoms with Crippen LogP contribution in [0.25, 0.3) is 0 Å². The molecule has 0 atom stereocenters. The van der Waals surface area contributed by atoms with Crippen LogP contribution in [0.1, 0.15) is 47.9 Å². The van der Waals surface area contributed by atoms with Crippen LogP contribution >= 0.6 is 0 Å². The number of nitriles is 2. The van der Waals surface area contributed by atoms with Gasteiger partial charge in [0.1, 0.15) is 17.6 Å². The Bertz CT molecular complexity index is 1150. The number of rotatable bonds is 2. The van der Waals surface area contributed by atoms with Crippen molar-refractivity contribution < 1.29 is 50.8 Å². The average Bonchev–Trinajstić information content (AvgIpc) is 2.90. The number of aliphatic hydroxyl groups is 1. The molecule has 0 radical (unpaired) electrons. The summed E-state index contributed by atoms with van der Waals surface area (Å²) in [7, 11) is 0. The van der Waals surface area contributed by atoms with Gasteiger partial charge in [0, 0.05) is 26.1 Å². The van der Waals surface area contributed by atoms with Crippen LogP contribution in [0.5, 0.6) is 11.5 Å². The Kier molecular flexibility index (Phi) is 11.9. The summed E-state index contributed by atoms with van der Waals surface area (Å²) in [5.74, 6) is -1.09. The van der Waals surface area contributed by atoms with Crippen LogP contribution < -0.4 is 4.74 Å². The molecule has 2 aromatic carbocycles. The molecule has 0 saturated carbocycles. The summed E-state index contributed by atoms with van der Waals surface area (Å²) in [5, 5.41) is 34.7. The van der Waals surface area contributed by atoms with Gasteiger partial charge in [0.25, 0.3) is 0 Å². The molecule has 2 fully saturated rings. The second-order valence-corrected chi connectivity index (χ2v) is 8.44. The van der Waals surface area contributed by atoms with E-state index in [9.17, 15) is 26.3 Å². The monoisotopic (exact) mass is 560 g/mol. The van der Waals surface area contributed by atoms with E-state index >= 15 is 0 Å². The number of benzene rings is 2. The summed E-state index contributed by atoms with van der Waals surface area (Å²) in [4.78, 5) is 0. The second-order valence-electron chi connectivity index (χ2n) is 8.44. The van der Waals surface area contributed by atoms with Crippen molar-refractivity contribution in [2.75, 3.05) is 26.4 Å². The Balaban J connectivity index is 0.000000229. The van der Waals surface area contributed by atoms with Gasteiger partial charge in [0.2, 0.25) is 0 Å². The van der Waals surface area contributed by atoms with E-state index in [0.29, 0.717) is 32.1 Å². The highest BCUT2D eigenvalue weighted by Crippen LogP contribution is 2.38. The quantitative estimate of drug-likeness (QED) is 0.461. The molecule has 0 bridgehead atoms. The molecule has 0 unspecified atom stereocenters. The summed E-state index contributed by atoms with van der Waals surface area (Å²) >= 11 is 0. The third kappa shape index (κ3) is 10.6. The normalized spacial score (nSPS) is 16.4. The van der Waals surface area contributed by atoms with Crippen LogP contribution in [0.3, 0.4) is 0 Å². The molecule has 212 valence electrons. The number of halogens is 6. The van der Waals surface area contributed by atoms with Gasteiger partial charge < -0.3 is 24.4 Å². The maximum Gasteiger partial charge on any atom is 0.420 e. The Morgan fingerprint density at radius 3 is 1.64 bits per heavy atom. The molecule has 4 rings (SSSR count). The fraction of sp³-hybridized carbons (Fsp3) is 0.462. The molecular weight excluding hydrogens is 534 g/mol. The number of aromatic hydroxyl groups is 1. The molecule has 2 saturated heterocycles. The van der Waals surface area contributed by atoms with Crippen LogP contribution in [0.15, 0.2) is 36.4 Å². The predicted molar refractivity (Wildman–Crippen MR) is 125 cm³/mol. The lowest BCUT2D eigenvalue weighted by Crippen LogP contribution is -2.26. The van der Waals surface area contributed by atoms with Crippen LogP contribution in [0.4, 0.5) is 26.3 Å². The lowest BCUT2D eigenvalue weighted by Gasteiger charge is -2.25. The summed E-state index contributed by atoms with van der Waals surface area (Å²) in [6.07, 6.45) is -6.75. The molecule has 0 aromatic heterocycles. The van der Waals surface area contributed by atoms with Crippen molar-refractivity contribution in [2.45, 2.75) is 50.2 Å². The zero-order valence-corrected chi connectivity index (χ0v) is 20.6. The molecule has 13 heteroatoms. The highest BCUT2D eigenvalue weighted by atomic mass is 19.4. The van der Waals surface area contributed by atoms with Crippen molar-refractivity contribution in [1.82, 2.24) is 0 Å². The van der Waals surface area contributed by atoms with E-state index in [1.807, 2.05) is 0 Å². The largest absolute Gasteiger partial charge is 0.507 e. The van der Waals surface area contributed by atoms with Crippen LogP contribution in [0.2, 0.25) is 0 Å². The summed E-state index contributed by atoms with van der Waals surface area (Å²) in [6, 6.07) is 9.16. The third-order valence-corrected chi connectivity index (χ3v) is 5.50. The molecule has 39 heavy (non-hydrogen) atoms. The predicted octanol–water partition coefficient (Wildman–Crippen LogP) is 5.58. The molecule has 2 N–H and O–H groups in total. The summed E-state index contributed by atoms with van der Waals surface area (Å²) in [6.45, 7) is 2.45. The van der Waals surface area contributed by atoms with Crippen molar-refractivity contribution in [2.24, 2.45) is 0 Å². The van der Waals surface area contributed by atoms with Gasteiger partial charge in [-0.25, -0.2) is 0 Å². The Morgan fingerprint density at radius 2 is 1.21 bits per heavy atom. The fourth-order valence-electron chi connectivity index (χ4n) is 3.41. The molecule has 0 amide bonds. The first-order chi connectivity index (χ1) is 18.3. The Hall–Kier alpha value is -3.52. The standard InChI is InChI=1S/C13H12F3NO2.C8H4F3NO.C5H10O2/c14-13(15,16)11-7-9(8-17)1-2-12(11)19-10-3-5-18-6-4-10;9-8(10,11)6-3-5(4-12)1-2-7(6)13;6-5-1-3-7-4-2-5/h1-2,7,10H,3-6H2;1-3,13H;5-6H,1-4H2. The second kappa shape index (κ2) is 14.6. The smallest absolute Gasteiger partial charge is 0.420 e. The van der Waals surface area contributed by atoms with Gasteiger partial charge in [0.05, 0.1) is 53.7 Å². The van der Waals surface area contributed by atoms with Crippen LogP contribution in [0, 0.1) is 22.7 Å². The van der Waals surface area contributed by atoms with Crippen molar-refractivity contribution >= 4 is 0 Å². The number of phenols is 1. The molecular formula is C26H26F6N2O5. The minimum Gasteiger partial charge on any atom is -0.507 e. The highest BCUT2D eigenvalue weighted by molar-refractivity contribution is 5.44. The average molecular weight is 560 g/mol. The zero-order chi connectivity index (χ0) is 29.1. The first-order valence-corrected chi connectivity index (χ1v) is 11.8. The fourth-order valence-corrected chi connectivity index (χ4v) is 3.41. The molecule has 7 nitrogen and oxygen atoms in total. The van der Waals surface area contributed by atoms with Gasteiger partial charge in [-0.1, -0.05) is 0 Å². The van der Waals surface area contributed by atoms with Crippen LogP contribution in [-0.2, 0) is 21.8 Å². The number of hydrogen-bond acceptors (Lipinski definition) is 7. The number of alkyl halides is 6. The minimum atomic E-state index is -4.63. The van der Waals surface area contributed by atoms with E-state index in [0.717, 1.165) is 44.3 Å². The molecule has 2 heterocycles. The van der Waals surface area contributed by atoms with Crippen molar-refractivity contribution in [3.05, 3.63) is 58.7 Å². The SMILES string of the molecule is N#Cc1ccc(O)c(C(F)(F)F)c1.N#Cc1ccc(OC2CCOCC2)c(C(F)(F)F)c1.OC1CCOCC1. The van der Waals surface area contributed by atoms with E-state index in [1.54, 1.807) is 12.1 Å². The van der Waals surface area contributed by atoms with Crippen LogP contribution in [-0.4, -0.2) is 48.8 Å². The van der Waals surface area contributed by atoms with Gasteiger partial charge in [-0.2, -0.15) is 36.9 Å². The van der Waals surface area contributed by atoms with Gasteiger partial charge in [0.15, 0.2) is 0 Å². The molecule has 2 aliphatic heterocycles. The number of phenolic OH excluding ortho intramolecular Hbond substituents is 1. The first-order valence-electron chi connectivity index (χ1n) is 11.8. The van der Waals surface area contributed by atoms with Crippen molar-refractivity contribution in [1.29, 1.82) is 10.5 Å². The Labute approximate surface area is 220 Å². The van der Waals surface area contributed by atoms with E-state index < -0.39 is 29.2 Å². The van der Waals surface area contributed by atoms with Gasteiger partial charge in [-0.05, 0) is 49.2 Å². The molecule has 2 aromatic rings. The number of ether oxygens (including phenoxy) is 3. The Morgan fingerprint density at radius 1 is 0.744 bits per heavy atom. The summed E-state index contributed by atoms with van der Waals surface area (Å²) < 4.78 is 90.5. The minimum absolute atomic E-state index is 0.0355. The molecule has 0 spiro atoms. The zero-order valence-electron chi connectivity index (χ0n) is 20.6. The first kappa shape index (κ1) is 31.7. The number of aliphatic hydroxyl groups excluding tert-OH is 1. The van der Waals surface area contributed by atoms with Gasteiger partial charge in [-0.15, -0.1) is 0 Å². The topological polar surface area (TPSA) is 116 Å². The van der Waals surface area contributed by atoms with Gasteiger partial charge in [-0.3, -0.25) is 0 Å². The van der Waals surface area contributed by atoms with Gasteiger partial charge >= 0.3 is 12.4 Å². The molecule has 0 aliphatic carbocycles. The van der Waals surface area contributed by atoms with E-state index in [1.165, 1.54) is 12.1 Å². The lowest BCUT2D eigenvalue weighted by molar-refractivity contribution is -0.140. The third-order valence-electron chi connectivity index (χ3n) is 5.50. The maximum atomic E-state index is 12.9. The maximum absolute atomic E-state index is 12.9. The van der Waals surface area contributed by atoms with Crippen molar-refractivity contribution in [3.63, 3.8) is 0 Å². The number of hydrogen-bond donors (Lipinski definition) is 2. The number of nitrogens with zero attached hydrogens (tertiary/aromatic N) is 2. The summed E-state index contributed by atoms with van der Waals surface area (Å²) in [5.41, 5.74) is -2.26. The van der Waals surface area contributed by atoms with E-state index in [4.69, 9.17) is 34.9 Å². The van der Waals surface area contributed by atoms with Crippen molar-refractivity contribution in [3.8, 4) is 23.6 Å².